The van der Waals surface area contributed by atoms with Gasteiger partial charge in [-0.3, -0.25) is 9.69 Å². The van der Waals surface area contributed by atoms with Crippen LogP contribution in [-0.4, -0.2) is 30.3 Å². The molecule has 1 saturated carbocycles. The van der Waals surface area contributed by atoms with Crippen LogP contribution in [0.3, 0.4) is 0 Å². The molecule has 0 heterocycles. The van der Waals surface area contributed by atoms with Gasteiger partial charge in [-0.15, -0.1) is 0 Å². The van der Waals surface area contributed by atoms with Crippen molar-refractivity contribution in [1.82, 2.24) is 4.90 Å². The first kappa shape index (κ1) is 17.7. The quantitative estimate of drug-likeness (QED) is 0.644. The Bertz CT molecular complexity index is 300. The molecule has 1 fully saturated rings. The van der Waals surface area contributed by atoms with Crippen molar-refractivity contribution in [2.24, 2.45) is 11.8 Å². The Labute approximate surface area is 126 Å². The van der Waals surface area contributed by atoms with Gasteiger partial charge in [0.2, 0.25) is 0 Å². The van der Waals surface area contributed by atoms with Crippen LogP contribution < -0.4 is 0 Å². The Kier molecular flexibility index (Phi) is 7.22. The van der Waals surface area contributed by atoms with Crippen LogP contribution in [0.15, 0.2) is 0 Å². The van der Waals surface area contributed by atoms with Gasteiger partial charge in [-0.2, -0.15) is 0 Å². The van der Waals surface area contributed by atoms with E-state index in [9.17, 15) is 4.79 Å². The highest BCUT2D eigenvalue weighted by Gasteiger charge is 2.43. The molecule has 3 atom stereocenters. The maximum absolute atomic E-state index is 13.0. The van der Waals surface area contributed by atoms with Gasteiger partial charge in [0.15, 0.2) is 5.78 Å². The van der Waals surface area contributed by atoms with E-state index in [4.69, 9.17) is 0 Å². The summed E-state index contributed by atoms with van der Waals surface area (Å²) in [6.07, 6.45) is 10.3. The topological polar surface area (TPSA) is 20.3 Å². The van der Waals surface area contributed by atoms with Gasteiger partial charge >= 0.3 is 0 Å². The highest BCUT2D eigenvalue weighted by atomic mass is 16.1. The fourth-order valence-corrected chi connectivity index (χ4v) is 3.83. The minimum Gasteiger partial charge on any atom is -0.298 e. The number of nitrogens with zero attached hydrogens (tertiary/aromatic N) is 1. The van der Waals surface area contributed by atoms with Gasteiger partial charge in [-0.25, -0.2) is 0 Å². The van der Waals surface area contributed by atoms with Gasteiger partial charge in [-0.05, 0) is 38.8 Å². The zero-order valence-corrected chi connectivity index (χ0v) is 14.4. The molecule has 3 unspecified atom stereocenters. The van der Waals surface area contributed by atoms with Crippen molar-refractivity contribution in [1.29, 1.82) is 0 Å². The molecule has 0 spiro atoms. The summed E-state index contributed by atoms with van der Waals surface area (Å²) < 4.78 is 0. The molecule has 0 aliphatic heterocycles. The second kappa shape index (κ2) is 8.17. The molecule has 0 N–H and O–H groups in total. The number of ketones is 1. The van der Waals surface area contributed by atoms with Crippen LogP contribution in [0.4, 0.5) is 0 Å². The average Bonchev–Trinajstić information content (AvgIpc) is 2.42. The predicted octanol–water partition coefficient (Wildman–Crippen LogP) is 4.67. The van der Waals surface area contributed by atoms with Gasteiger partial charge in [-0.1, -0.05) is 59.3 Å². The lowest BCUT2D eigenvalue weighted by molar-refractivity contribution is -0.134. The van der Waals surface area contributed by atoms with Crippen LogP contribution >= 0.6 is 0 Å². The molecule has 2 nitrogen and oxygen atoms in total. The summed E-state index contributed by atoms with van der Waals surface area (Å²) in [7, 11) is 4.20. The molecule has 0 aromatic rings. The van der Waals surface area contributed by atoms with Gasteiger partial charge in [0.25, 0.3) is 0 Å². The molecule has 0 aromatic heterocycles. The highest BCUT2D eigenvalue weighted by molar-refractivity contribution is 5.88. The Balaban J connectivity index is 2.73. The summed E-state index contributed by atoms with van der Waals surface area (Å²) in [5.74, 6) is 1.79. The van der Waals surface area contributed by atoms with E-state index < -0.39 is 0 Å². The smallest absolute Gasteiger partial charge is 0.153 e. The summed E-state index contributed by atoms with van der Waals surface area (Å²) in [6.45, 7) is 6.77. The zero-order valence-electron chi connectivity index (χ0n) is 14.4. The lowest BCUT2D eigenvalue weighted by Gasteiger charge is -2.44. The summed E-state index contributed by atoms with van der Waals surface area (Å²) in [5, 5.41) is 0. The van der Waals surface area contributed by atoms with Crippen molar-refractivity contribution >= 4 is 5.78 Å². The minimum atomic E-state index is -0.169. The molecule has 2 heteroatoms. The van der Waals surface area contributed by atoms with Gasteiger partial charge in [0.1, 0.15) is 0 Å². The lowest BCUT2D eigenvalue weighted by Crippen LogP contribution is -2.54. The van der Waals surface area contributed by atoms with Crippen LogP contribution in [0.1, 0.15) is 78.6 Å². The number of unbranched alkanes of at least 4 members (excludes halogenated alkanes) is 1. The lowest BCUT2D eigenvalue weighted by atomic mass is 9.71. The van der Waals surface area contributed by atoms with Gasteiger partial charge in [0, 0.05) is 6.42 Å². The van der Waals surface area contributed by atoms with Crippen LogP contribution in [0.25, 0.3) is 0 Å². The number of rotatable bonds is 8. The van der Waals surface area contributed by atoms with Crippen LogP contribution in [0.2, 0.25) is 0 Å². The number of hydrogen-bond acceptors (Lipinski definition) is 2. The van der Waals surface area contributed by atoms with E-state index in [2.05, 4.69) is 39.8 Å². The first-order valence-electron chi connectivity index (χ1n) is 8.67. The normalized spacial score (nSPS) is 28.6. The zero-order chi connectivity index (χ0) is 15.2. The van der Waals surface area contributed by atoms with E-state index in [1.54, 1.807) is 0 Å². The summed E-state index contributed by atoms with van der Waals surface area (Å²) >= 11 is 0. The van der Waals surface area contributed by atoms with Crippen molar-refractivity contribution in [3.05, 3.63) is 0 Å². The molecule has 1 rings (SSSR count). The highest BCUT2D eigenvalue weighted by Crippen LogP contribution is 2.38. The number of likely N-dealkylation sites (N-methyl/N-ethyl adjacent to an activating group) is 1. The molecule has 1 aliphatic rings. The van der Waals surface area contributed by atoms with E-state index in [0.717, 1.165) is 25.7 Å². The van der Waals surface area contributed by atoms with Crippen LogP contribution in [0, 0.1) is 11.8 Å². The number of hydrogen-bond donors (Lipinski definition) is 0. The molecule has 118 valence electrons. The molecule has 0 saturated heterocycles. The first-order chi connectivity index (χ1) is 9.46. The number of carbonyl (C=O) groups excluding carboxylic acids is 1. The van der Waals surface area contributed by atoms with Crippen molar-refractivity contribution < 1.29 is 4.79 Å². The Morgan fingerprint density at radius 1 is 1.35 bits per heavy atom. The third-order valence-electron chi connectivity index (χ3n) is 5.37. The van der Waals surface area contributed by atoms with Gasteiger partial charge < -0.3 is 0 Å². The maximum atomic E-state index is 13.0. The summed E-state index contributed by atoms with van der Waals surface area (Å²) in [6, 6.07) is 0. The van der Waals surface area contributed by atoms with Crippen LogP contribution in [-0.2, 0) is 4.79 Å². The minimum absolute atomic E-state index is 0.169. The van der Waals surface area contributed by atoms with E-state index >= 15 is 0 Å². The predicted molar refractivity (Wildman–Crippen MR) is 87.0 cm³/mol. The van der Waals surface area contributed by atoms with Gasteiger partial charge in [0.05, 0.1) is 5.54 Å². The monoisotopic (exact) mass is 281 g/mol. The SMILES string of the molecule is CCCCC(CC)CC(=O)C1(N(C)C)CCCC(C)C1. The van der Waals surface area contributed by atoms with E-state index in [1.165, 1.54) is 32.1 Å². The summed E-state index contributed by atoms with van der Waals surface area (Å²) in [5.41, 5.74) is -0.169. The van der Waals surface area contributed by atoms with Crippen molar-refractivity contribution in [2.75, 3.05) is 14.1 Å². The fraction of sp³-hybridized carbons (Fsp3) is 0.944. The molecule has 0 radical (unpaired) electrons. The standard InChI is InChI=1S/C18H35NO/c1-6-8-11-16(7-2)13-17(20)18(19(4)5)12-9-10-15(3)14-18/h15-16H,6-14H2,1-5H3. The molecule has 0 aromatic carbocycles. The summed E-state index contributed by atoms with van der Waals surface area (Å²) in [4.78, 5) is 15.2. The second-order valence-corrected chi connectivity index (χ2v) is 7.17. The molecular formula is C18H35NO. The third kappa shape index (κ3) is 4.31. The molecule has 0 amide bonds. The van der Waals surface area contributed by atoms with Crippen molar-refractivity contribution in [3.63, 3.8) is 0 Å². The molecular weight excluding hydrogens is 246 g/mol. The Morgan fingerprint density at radius 2 is 2.05 bits per heavy atom. The first-order valence-corrected chi connectivity index (χ1v) is 8.67. The molecule has 1 aliphatic carbocycles. The number of carbonyl (C=O) groups is 1. The Hall–Kier alpha value is -0.370. The second-order valence-electron chi connectivity index (χ2n) is 7.17. The molecule has 20 heavy (non-hydrogen) atoms. The third-order valence-corrected chi connectivity index (χ3v) is 5.37. The van der Waals surface area contributed by atoms with E-state index in [-0.39, 0.29) is 5.54 Å². The van der Waals surface area contributed by atoms with E-state index in [0.29, 0.717) is 17.6 Å². The maximum Gasteiger partial charge on any atom is 0.153 e. The van der Waals surface area contributed by atoms with Crippen LogP contribution in [0.5, 0.6) is 0 Å². The fourth-order valence-electron chi connectivity index (χ4n) is 3.83. The van der Waals surface area contributed by atoms with Crippen molar-refractivity contribution in [2.45, 2.75) is 84.1 Å². The molecule has 0 bridgehead atoms. The largest absolute Gasteiger partial charge is 0.298 e. The van der Waals surface area contributed by atoms with Crippen molar-refractivity contribution in [3.8, 4) is 0 Å². The Morgan fingerprint density at radius 3 is 2.55 bits per heavy atom. The number of Topliss-reactive ketones (excluding diaryl/α,β-unsaturated/α-hetero) is 1. The average molecular weight is 281 g/mol. The van der Waals surface area contributed by atoms with E-state index in [1.807, 2.05) is 0 Å².